The molecule has 7 nitrogen and oxygen atoms in total. The molecule has 1 heterocycles. The summed E-state index contributed by atoms with van der Waals surface area (Å²) >= 11 is 0. The van der Waals surface area contributed by atoms with Crippen LogP contribution in [0.25, 0.3) is 0 Å². The second kappa shape index (κ2) is 7.49. The SMILES string of the molecule is Cc1ccc(C)c(S(=O)(=O)NCCS(=O)(=O)N2CCOC(C)C2)c1. The lowest BCUT2D eigenvalue weighted by atomic mass is 10.2. The quantitative estimate of drug-likeness (QED) is 0.786. The predicted molar refractivity (Wildman–Crippen MR) is 91.9 cm³/mol. The lowest BCUT2D eigenvalue weighted by molar-refractivity contribution is 0.0102. The first kappa shape index (κ1) is 19.3. The van der Waals surface area contributed by atoms with E-state index < -0.39 is 20.0 Å². The monoisotopic (exact) mass is 376 g/mol. The number of nitrogens with one attached hydrogen (secondary N) is 1. The number of nitrogens with zero attached hydrogens (tertiary/aromatic N) is 1. The van der Waals surface area contributed by atoms with Gasteiger partial charge in [-0.1, -0.05) is 12.1 Å². The first-order valence-electron chi connectivity index (χ1n) is 7.78. The molecule has 0 aliphatic carbocycles. The summed E-state index contributed by atoms with van der Waals surface area (Å²) < 4.78 is 58.4. The zero-order chi connectivity index (χ0) is 18.0. The maximum absolute atomic E-state index is 12.4. The van der Waals surface area contributed by atoms with Crippen molar-refractivity contribution in [3.63, 3.8) is 0 Å². The van der Waals surface area contributed by atoms with Crippen LogP contribution in [-0.4, -0.2) is 59.2 Å². The number of hydrogen-bond donors (Lipinski definition) is 1. The third-order valence-corrected chi connectivity index (χ3v) is 7.32. The topological polar surface area (TPSA) is 92.8 Å². The predicted octanol–water partition coefficient (Wildman–Crippen LogP) is 0.632. The third-order valence-electron chi connectivity index (χ3n) is 3.88. The molecule has 24 heavy (non-hydrogen) atoms. The smallest absolute Gasteiger partial charge is 0.240 e. The zero-order valence-corrected chi connectivity index (χ0v) is 15.8. The Hall–Kier alpha value is -1.00. The van der Waals surface area contributed by atoms with Crippen LogP contribution in [0.15, 0.2) is 23.1 Å². The van der Waals surface area contributed by atoms with Crippen molar-refractivity contribution in [2.45, 2.75) is 31.8 Å². The summed E-state index contributed by atoms with van der Waals surface area (Å²) in [4.78, 5) is 0.180. The number of aryl methyl sites for hydroxylation is 2. The van der Waals surface area contributed by atoms with Crippen LogP contribution < -0.4 is 4.72 Å². The molecule has 1 atom stereocenters. The van der Waals surface area contributed by atoms with Gasteiger partial charge < -0.3 is 4.74 Å². The van der Waals surface area contributed by atoms with Crippen molar-refractivity contribution in [2.75, 3.05) is 32.0 Å². The molecule has 1 fully saturated rings. The summed E-state index contributed by atoms with van der Waals surface area (Å²) in [5.41, 5.74) is 1.45. The highest BCUT2D eigenvalue weighted by Crippen LogP contribution is 2.16. The van der Waals surface area contributed by atoms with Crippen molar-refractivity contribution in [3.8, 4) is 0 Å². The van der Waals surface area contributed by atoms with Gasteiger partial charge in [0.15, 0.2) is 0 Å². The van der Waals surface area contributed by atoms with Crippen molar-refractivity contribution in [2.24, 2.45) is 0 Å². The maximum atomic E-state index is 12.4. The molecule has 0 radical (unpaired) electrons. The molecule has 1 aliphatic heterocycles. The summed E-state index contributed by atoms with van der Waals surface area (Å²) in [6.45, 7) is 6.12. The Kier molecular flexibility index (Phi) is 6.03. The summed E-state index contributed by atoms with van der Waals surface area (Å²) in [7, 11) is -7.25. The Morgan fingerprint density at radius 2 is 1.96 bits per heavy atom. The average Bonchev–Trinajstić information content (AvgIpc) is 2.49. The molecular weight excluding hydrogens is 352 g/mol. The van der Waals surface area contributed by atoms with Gasteiger partial charge >= 0.3 is 0 Å². The van der Waals surface area contributed by atoms with Crippen LogP contribution in [0.3, 0.4) is 0 Å². The second-order valence-electron chi connectivity index (χ2n) is 6.02. The fourth-order valence-electron chi connectivity index (χ4n) is 2.55. The Labute approximate surface area is 144 Å². The molecule has 1 aliphatic rings. The Bertz CT molecular complexity index is 790. The second-order valence-corrected chi connectivity index (χ2v) is 9.85. The largest absolute Gasteiger partial charge is 0.376 e. The molecule has 1 aromatic carbocycles. The van der Waals surface area contributed by atoms with Crippen molar-refractivity contribution in [1.82, 2.24) is 9.03 Å². The van der Waals surface area contributed by atoms with Gasteiger partial charge in [-0.05, 0) is 38.0 Å². The van der Waals surface area contributed by atoms with Crippen LogP contribution in [0.4, 0.5) is 0 Å². The molecule has 0 aromatic heterocycles. The number of morpholine rings is 1. The van der Waals surface area contributed by atoms with Gasteiger partial charge in [0.25, 0.3) is 0 Å². The molecular formula is C15H24N2O5S2. The number of sulfonamides is 2. The molecule has 0 spiro atoms. The molecule has 2 rings (SSSR count). The van der Waals surface area contributed by atoms with Crippen molar-refractivity contribution in [1.29, 1.82) is 0 Å². The van der Waals surface area contributed by atoms with Crippen LogP contribution in [0.5, 0.6) is 0 Å². The highest BCUT2D eigenvalue weighted by atomic mass is 32.2. The van der Waals surface area contributed by atoms with Gasteiger partial charge in [-0.3, -0.25) is 0 Å². The zero-order valence-electron chi connectivity index (χ0n) is 14.1. The third kappa shape index (κ3) is 4.76. The highest BCUT2D eigenvalue weighted by Gasteiger charge is 2.28. The summed E-state index contributed by atoms with van der Waals surface area (Å²) in [5.74, 6) is -0.274. The number of hydrogen-bond acceptors (Lipinski definition) is 5. The summed E-state index contributed by atoms with van der Waals surface area (Å²) in [6, 6.07) is 5.14. The molecule has 1 unspecified atom stereocenters. The van der Waals surface area contributed by atoms with Crippen LogP contribution in [0, 0.1) is 13.8 Å². The van der Waals surface area contributed by atoms with Gasteiger partial charge in [-0.25, -0.2) is 21.6 Å². The van der Waals surface area contributed by atoms with E-state index in [4.69, 9.17) is 4.74 Å². The Balaban J connectivity index is 2.01. The fourth-order valence-corrected chi connectivity index (χ4v) is 5.44. The van der Waals surface area contributed by atoms with E-state index in [0.29, 0.717) is 25.3 Å². The maximum Gasteiger partial charge on any atom is 0.240 e. The Morgan fingerprint density at radius 1 is 1.25 bits per heavy atom. The molecule has 1 saturated heterocycles. The van der Waals surface area contributed by atoms with Gasteiger partial charge in [0, 0.05) is 19.6 Å². The molecule has 1 aromatic rings. The molecule has 0 saturated carbocycles. The van der Waals surface area contributed by atoms with Crippen LogP contribution in [0.1, 0.15) is 18.1 Å². The molecule has 136 valence electrons. The van der Waals surface area contributed by atoms with E-state index in [1.807, 2.05) is 19.9 Å². The van der Waals surface area contributed by atoms with Crippen molar-refractivity contribution < 1.29 is 21.6 Å². The van der Waals surface area contributed by atoms with Gasteiger partial charge in [0.05, 0.1) is 23.4 Å². The van der Waals surface area contributed by atoms with E-state index >= 15 is 0 Å². The minimum atomic E-state index is -3.74. The van der Waals surface area contributed by atoms with Crippen molar-refractivity contribution in [3.05, 3.63) is 29.3 Å². The molecule has 1 N–H and O–H groups in total. The van der Waals surface area contributed by atoms with E-state index in [2.05, 4.69) is 4.72 Å². The van der Waals surface area contributed by atoms with E-state index in [1.165, 1.54) is 4.31 Å². The summed E-state index contributed by atoms with van der Waals surface area (Å²) in [6.07, 6.45) is -0.153. The van der Waals surface area contributed by atoms with Gasteiger partial charge in [-0.15, -0.1) is 0 Å². The highest BCUT2D eigenvalue weighted by molar-refractivity contribution is 7.90. The van der Waals surface area contributed by atoms with E-state index in [9.17, 15) is 16.8 Å². The molecule has 9 heteroatoms. The van der Waals surface area contributed by atoms with E-state index in [0.717, 1.165) is 5.56 Å². The average molecular weight is 377 g/mol. The number of benzene rings is 1. The Morgan fingerprint density at radius 3 is 2.62 bits per heavy atom. The summed E-state index contributed by atoms with van der Waals surface area (Å²) in [5, 5.41) is 0. The van der Waals surface area contributed by atoms with Gasteiger partial charge in [-0.2, -0.15) is 4.31 Å². The molecule has 0 bridgehead atoms. The lowest BCUT2D eigenvalue weighted by Crippen LogP contribution is -2.46. The fraction of sp³-hybridized carbons (Fsp3) is 0.600. The lowest BCUT2D eigenvalue weighted by Gasteiger charge is -2.30. The normalized spacial score (nSPS) is 20.2. The number of ether oxygens (including phenoxy) is 1. The minimum absolute atomic E-state index is 0.153. The van der Waals surface area contributed by atoms with E-state index in [1.54, 1.807) is 19.1 Å². The van der Waals surface area contributed by atoms with E-state index in [-0.39, 0.29) is 23.3 Å². The molecule has 0 amide bonds. The van der Waals surface area contributed by atoms with Crippen LogP contribution >= 0.6 is 0 Å². The first-order valence-corrected chi connectivity index (χ1v) is 10.9. The van der Waals surface area contributed by atoms with Crippen LogP contribution in [-0.2, 0) is 24.8 Å². The van der Waals surface area contributed by atoms with Gasteiger partial charge in [0.1, 0.15) is 0 Å². The van der Waals surface area contributed by atoms with Crippen molar-refractivity contribution >= 4 is 20.0 Å². The number of rotatable bonds is 6. The minimum Gasteiger partial charge on any atom is -0.376 e. The van der Waals surface area contributed by atoms with Crippen LogP contribution in [0.2, 0.25) is 0 Å². The standard InChI is InChI=1S/C15H24N2O5S2/c1-12-4-5-13(2)15(10-12)24(20,21)16-6-9-23(18,19)17-7-8-22-14(3)11-17/h4-5,10,14,16H,6-9,11H2,1-3H3. The first-order chi connectivity index (χ1) is 11.1. The van der Waals surface area contributed by atoms with Gasteiger partial charge in [0.2, 0.25) is 20.0 Å².